The van der Waals surface area contributed by atoms with Gasteiger partial charge in [0.25, 0.3) is 10.0 Å². The topological polar surface area (TPSA) is 99.8 Å². The average Bonchev–Trinajstić information content (AvgIpc) is 3.15. The summed E-state index contributed by atoms with van der Waals surface area (Å²) in [5.41, 5.74) is 2.33. The lowest BCUT2D eigenvalue weighted by Gasteiger charge is -2.19. The molecule has 3 aromatic rings. The van der Waals surface area contributed by atoms with Crippen molar-refractivity contribution in [2.75, 3.05) is 5.32 Å². The summed E-state index contributed by atoms with van der Waals surface area (Å²) in [7, 11) is -3.56. The molecule has 7 nitrogen and oxygen atoms in total. The van der Waals surface area contributed by atoms with Gasteiger partial charge in [0.05, 0.1) is 10.6 Å². The molecule has 0 aliphatic heterocycles. The highest BCUT2D eigenvalue weighted by atomic mass is 32.2. The van der Waals surface area contributed by atoms with E-state index in [0.717, 1.165) is 27.6 Å². The molecule has 154 valence electrons. The van der Waals surface area contributed by atoms with Gasteiger partial charge in [-0.1, -0.05) is 6.07 Å². The first kappa shape index (κ1) is 20.1. The maximum absolute atomic E-state index is 12.6. The minimum Gasteiger partial charge on any atom is -0.323 e. The van der Waals surface area contributed by atoms with Crippen molar-refractivity contribution >= 4 is 33.0 Å². The first-order chi connectivity index (χ1) is 13.6. The summed E-state index contributed by atoms with van der Waals surface area (Å²) >= 11 is 1.21. The number of aromatic nitrogens is 3. The third-order valence-electron chi connectivity index (χ3n) is 4.50. The first-order valence-corrected chi connectivity index (χ1v) is 11.8. The minimum absolute atomic E-state index is 0.278. The normalized spacial score (nSPS) is 14.9. The molecule has 0 bridgehead atoms. The predicted octanol–water partition coefficient (Wildman–Crippen LogP) is 4.54. The third kappa shape index (κ3) is 4.68. The van der Waals surface area contributed by atoms with Crippen LogP contribution in [0.5, 0.6) is 0 Å². The van der Waals surface area contributed by atoms with E-state index in [9.17, 15) is 8.42 Å². The van der Waals surface area contributed by atoms with E-state index in [1.807, 2.05) is 45.9 Å². The molecule has 3 heterocycles. The molecule has 3 aromatic heterocycles. The number of hydrogen-bond donors (Lipinski definition) is 3. The lowest BCUT2D eigenvalue weighted by Crippen LogP contribution is -2.40. The summed E-state index contributed by atoms with van der Waals surface area (Å²) in [6.07, 6.45) is 2.42. The van der Waals surface area contributed by atoms with Gasteiger partial charge in [-0.2, -0.15) is 5.10 Å². The lowest BCUT2D eigenvalue weighted by molar-refractivity contribution is 0.492. The molecular formula is C20H25N5O2S2. The zero-order chi connectivity index (χ0) is 20.8. The molecule has 4 rings (SSSR count). The Hall–Kier alpha value is -2.23. The van der Waals surface area contributed by atoms with Crippen LogP contribution < -0.4 is 10.0 Å². The van der Waals surface area contributed by atoms with E-state index in [1.54, 1.807) is 12.1 Å². The van der Waals surface area contributed by atoms with Crippen LogP contribution in [0.15, 0.2) is 34.5 Å². The fourth-order valence-corrected chi connectivity index (χ4v) is 5.67. The van der Waals surface area contributed by atoms with Crippen LogP contribution in [0.1, 0.15) is 50.8 Å². The van der Waals surface area contributed by atoms with E-state index in [1.165, 1.54) is 24.2 Å². The standard InChI is InChI=1S/C20H25N5O2S2/c1-12-5-8-14(16-9-10-18(28-16)29(26,27)25-20(2,3)4)21-19(12)22-17-11-15(23-24-17)13-6-7-13/h5,8-11,13,25H,6-7H2,1-4H3,(H2,21,22,23,24). The quantitative estimate of drug-likeness (QED) is 0.532. The monoisotopic (exact) mass is 431 g/mol. The van der Waals surface area contributed by atoms with Crippen molar-refractivity contribution in [3.05, 3.63) is 41.6 Å². The smallest absolute Gasteiger partial charge is 0.250 e. The van der Waals surface area contributed by atoms with Crippen LogP contribution in [0.4, 0.5) is 11.6 Å². The van der Waals surface area contributed by atoms with Crippen LogP contribution in [0.3, 0.4) is 0 Å². The molecule has 0 saturated heterocycles. The minimum atomic E-state index is -3.56. The summed E-state index contributed by atoms with van der Waals surface area (Å²) in [5.74, 6) is 2.05. The van der Waals surface area contributed by atoms with E-state index in [4.69, 9.17) is 4.98 Å². The highest BCUT2D eigenvalue weighted by Gasteiger charge is 2.26. The molecule has 0 aromatic carbocycles. The highest BCUT2D eigenvalue weighted by Crippen LogP contribution is 2.40. The summed E-state index contributed by atoms with van der Waals surface area (Å²) < 4.78 is 28.1. The fraction of sp³-hybridized carbons (Fsp3) is 0.400. The van der Waals surface area contributed by atoms with Crippen molar-refractivity contribution < 1.29 is 8.42 Å². The molecule has 1 aliphatic carbocycles. The van der Waals surface area contributed by atoms with Gasteiger partial charge >= 0.3 is 0 Å². The van der Waals surface area contributed by atoms with E-state index < -0.39 is 15.6 Å². The van der Waals surface area contributed by atoms with E-state index in [0.29, 0.717) is 11.7 Å². The first-order valence-electron chi connectivity index (χ1n) is 9.55. The van der Waals surface area contributed by atoms with Crippen LogP contribution in [-0.4, -0.2) is 29.1 Å². The number of H-pyrrole nitrogens is 1. The Morgan fingerprint density at radius 2 is 1.93 bits per heavy atom. The number of nitrogens with one attached hydrogen (secondary N) is 3. The van der Waals surface area contributed by atoms with E-state index in [-0.39, 0.29) is 4.21 Å². The zero-order valence-electron chi connectivity index (χ0n) is 16.9. The molecule has 0 amide bonds. The number of sulfonamides is 1. The Labute approximate surface area is 175 Å². The third-order valence-corrected chi connectivity index (χ3v) is 7.86. The Balaban J connectivity index is 1.58. The lowest BCUT2D eigenvalue weighted by atomic mass is 10.1. The van der Waals surface area contributed by atoms with Crippen molar-refractivity contribution in [3.63, 3.8) is 0 Å². The maximum Gasteiger partial charge on any atom is 0.250 e. The highest BCUT2D eigenvalue weighted by molar-refractivity contribution is 7.91. The summed E-state index contributed by atoms with van der Waals surface area (Å²) in [6, 6.07) is 9.32. The number of hydrogen-bond acceptors (Lipinski definition) is 6. The number of aryl methyl sites for hydroxylation is 1. The van der Waals surface area contributed by atoms with Crippen LogP contribution in [0.25, 0.3) is 10.6 Å². The Morgan fingerprint density at radius 1 is 1.17 bits per heavy atom. The molecule has 1 fully saturated rings. The molecule has 1 saturated carbocycles. The van der Waals surface area contributed by atoms with Gasteiger partial charge in [-0.3, -0.25) is 5.10 Å². The Kier molecular flexibility index (Phi) is 5.00. The molecule has 0 spiro atoms. The molecule has 29 heavy (non-hydrogen) atoms. The van der Waals surface area contributed by atoms with Crippen molar-refractivity contribution in [1.29, 1.82) is 0 Å². The maximum atomic E-state index is 12.6. The average molecular weight is 432 g/mol. The molecule has 0 atom stereocenters. The van der Waals surface area contributed by atoms with Gasteiger partial charge in [0.15, 0.2) is 5.82 Å². The summed E-state index contributed by atoms with van der Waals surface area (Å²) in [5, 5.41) is 10.7. The van der Waals surface area contributed by atoms with E-state index >= 15 is 0 Å². The zero-order valence-corrected chi connectivity index (χ0v) is 18.5. The number of rotatable bonds is 6. The Bertz CT molecular complexity index is 1140. The van der Waals surface area contributed by atoms with Crippen molar-refractivity contribution in [2.45, 2.75) is 56.2 Å². The second kappa shape index (κ2) is 7.23. The summed E-state index contributed by atoms with van der Waals surface area (Å²) in [4.78, 5) is 5.50. The largest absolute Gasteiger partial charge is 0.323 e. The molecule has 9 heteroatoms. The van der Waals surface area contributed by atoms with E-state index in [2.05, 4.69) is 20.2 Å². The summed E-state index contributed by atoms with van der Waals surface area (Å²) in [6.45, 7) is 7.44. The molecular weight excluding hydrogens is 406 g/mol. The van der Waals surface area contributed by atoms with Gasteiger partial charge in [0.2, 0.25) is 0 Å². The van der Waals surface area contributed by atoms with Gasteiger partial charge in [-0.15, -0.1) is 11.3 Å². The molecule has 3 N–H and O–H groups in total. The van der Waals surface area contributed by atoms with Crippen LogP contribution in [0, 0.1) is 6.92 Å². The molecule has 0 radical (unpaired) electrons. The van der Waals surface area contributed by atoms with Gasteiger partial charge < -0.3 is 5.32 Å². The van der Waals surface area contributed by atoms with Gasteiger partial charge in [-0.25, -0.2) is 18.1 Å². The number of aromatic amines is 1. The molecule has 1 aliphatic rings. The van der Waals surface area contributed by atoms with Crippen molar-refractivity contribution in [1.82, 2.24) is 19.9 Å². The number of thiophene rings is 1. The van der Waals surface area contributed by atoms with Crippen LogP contribution in [-0.2, 0) is 10.0 Å². The van der Waals surface area contributed by atoms with Crippen molar-refractivity contribution in [3.8, 4) is 10.6 Å². The van der Waals surface area contributed by atoms with Gasteiger partial charge in [0.1, 0.15) is 10.0 Å². The number of pyridine rings is 1. The van der Waals surface area contributed by atoms with Crippen LogP contribution >= 0.6 is 11.3 Å². The SMILES string of the molecule is Cc1ccc(-c2ccc(S(=O)(=O)NC(C)(C)C)s2)nc1Nc1cc(C2CC2)[nH]n1. The molecule has 0 unspecified atom stereocenters. The second-order valence-electron chi connectivity index (χ2n) is 8.44. The second-order valence-corrected chi connectivity index (χ2v) is 11.4. The number of anilines is 2. The predicted molar refractivity (Wildman–Crippen MR) is 116 cm³/mol. The fourth-order valence-electron chi connectivity index (χ4n) is 2.97. The Morgan fingerprint density at radius 3 is 2.62 bits per heavy atom. The van der Waals surface area contributed by atoms with Gasteiger partial charge in [-0.05, 0) is 64.3 Å². The van der Waals surface area contributed by atoms with Gasteiger partial charge in [0, 0.05) is 23.2 Å². The van der Waals surface area contributed by atoms with Crippen molar-refractivity contribution in [2.24, 2.45) is 0 Å². The number of nitrogens with zero attached hydrogens (tertiary/aromatic N) is 2. The van der Waals surface area contributed by atoms with Crippen LogP contribution in [0.2, 0.25) is 0 Å².